The van der Waals surface area contributed by atoms with Crippen LogP contribution in [-0.2, 0) is 0 Å². The predicted octanol–water partition coefficient (Wildman–Crippen LogP) is 18.0. The molecule has 0 aliphatic carbocycles. The number of pyridine rings is 2. The zero-order valence-electron chi connectivity index (χ0n) is 46.2. The van der Waals surface area contributed by atoms with Crippen LogP contribution in [0.4, 0.5) is 0 Å². The van der Waals surface area contributed by atoms with E-state index in [9.17, 15) is 0 Å². The second kappa shape index (κ2) is 21.1. The minimum absolute atomic E-state index is 0.491. The molecule has 10 nitrogen and oxygen atoms in total. The van der Waals surface area contributed by atoms with Gasteiger partial charge in [-0.25, -0.2) is 39.9 Å². The Morgan fingerprint density at radius 3 is 0.872 bits per heavy atom. The van der Waals surface area contributed by atoms with Gasteiger partial charge in [0.2, 0.25) is 0 Å². The van der Waals surface area contributed by atoms with Crippen LogP contribution in [0.2, 0.25) is 0 Å². The van der Waals surface area contributed by atoms with E-state index >= 15 is 0 Å². The molecule has 0 fully saturated rings. The Labute approximate surface area is 494 Å². The molecule has 402 valence electrons. The third kappa shape index (κ3) is 8.93. The van der Waals surface area contributed by atoms with Gasteiger partial charge in [-0.3, -0.25) is 9.13 Å². The fourth-order valence-electron chi connectivity index (χ4n) is 11.9. The lowest BCUT2D eigenvalue weighted by Crippen LogP contribution is -2.03. The molecule has 0 amide bonds. The molecule has 0 saturated heterocycles. The summed E-state index contributed by atoms with van der Waals surface area (Å²) in [6.45, 7) is 0. The lowest BCUT2D eigenvalue weighted by atomic mass is 9.94. The van der Waals surface area contributed by atoms with Crippen LogP contribution in [-0.4, -0.2) is 49.0 Å². The Hall–Kier alpha value is -11.9. The van der Waals surface area contributed by atoms with Gasteiger partial charge in [-0.15, -0.1) is 0 Å². The van der Waals surface area contributed by atoms with Crippen LogP contribution in [0, 0.1) is 0 Å². The molecule has 86 heavy (non-hydrogen) atoms. The van der Waals surface area contributed by atoms with Crippen molar-refractivity contribution in [2.75, 3.05) is 0 Å². The van der Waals surface area contributed by atoms with E-state index in [-0.39, 0.29) is 0 Å². The van der Waals surface area contributed by atoms with E-state index in [0.29, 0.717) is 46.3 Å². The van der Waals surface area contributed by atoms with Crippen LogP contribution in [0.1, 0.15) is 0 Å². The van der Waals surface area contributed by atoms with Gasteiger partial charge in [0.15, 0.2) is 34.9 Å². The molecule has 0 spiro atoms. The molecule has 10 heteroatoms. The van der Waals surface area contributed by atoms with Gasteiger partial charge < -0.3 is 0 Å². The molecule has 0 atom stereocenters. The topological polar surface area (TPSA) is 113 Å². The number of nitrogens with zero attached hydrogens (tertiary/aromatic N) is 10. The Bertz CT molecular complexity index is 4790. The maximum atomic E-state index is 5.40. The summed E-state index contributed by atoms with van der Waals surface area (Å²) < 4.78 is 4.57. The van der Waals surface area contributed by atoms with Crippen molar-refractivity contribution in [3.05, 3.63) is 291 Å². The minimum atomic E-state index is 0.491. The average molecular weight is 1100 g/mol. The summed E-state index contributed by atoms with van der Waals surface area (Å²) in [6, 6.07) is 100. The summed E-state index contributed by atoms with van der Waals surface area (Å²) in [4.78, 5) is 40.9. The number of aromatic nitrogens is 10. The van der Waals surface area contributed by atoms with Gasteiger partial charge in [-0.1, -0.05) is 243 Å². The summed E-state index contributed by atoms with van der Waals surface area (Å²) in [5, 5.41) is 4.52. The summed E-state index contributed by atoms with van der Waals surface area (Å²) >= 11 is 0. The molecule has 6 aromatic heterocycles. The highest BCUT2D eigenvalue weighted by Crippen LogP contribution is 2.42. The molecule has 0 unspecified atom stereocenters. The molecule has 0 bridgehead atoms. The summed E-state index contributed by atoms with van der Waals surface area (Å²) in [5.41, 5.74) is 15.6. The first kappa shape index (κ1) is 49.9. The molecule has 10 aromatic carbocycles. The summed E-state index contributed by atoms with van der Waals surface area (Å²) in [7, 11) is 0. The number of hydrogen-bond acceptors (Lipinski definition) is 8. The zero-order chi connectivity index (χ0) is 56.9. The Morgan fingerprint density at radius 2 is 0.488 bits per heavy atom. The minimum Gasteiger partial charge on any atom is -0.293 e. The van der Waals surface area contributed by atoms with Crippen LogP contribution in [0.25, 0.3) is 157 Å². The zero-order valence-corrected chi connectivity index (χ0v) is 46.2. The van der Waals surface area contributed by atoms with Crippen LogP contribution in [0.5, 0.6) is 0 Å². The summed E-state index contributed by atoms with van der Waals surface area (Å²) in [5.74, 6) is 4.82. The third-order valence-electron chi connectivity index (χ3n) is 15.9. The van der Waals surface area contributed by atoms with Gasteiger partial charge in [0.05, 0.1) is 22.1 Å². The maximum absolute atomic E-state index is 5.40. The number of fused-ring (bicyclic) bond motifs is 6. The highest BCUT2D eigenvalue weighted by Gasteiger charge is 2.22. The van der Waals surface area contributed by atoms with Crippen molar-refractivity contribution in [1.82, 2.24) is 49.0 Å². The average Bonchev–Trinajstić information content (AvgIpc) is 2.40. The second-order valence-corrected chi connectivity index (χ2v) is 21.1. The molecule has 0 N–H and O–H groups in total. The third-order valence-corrected chi connectivity index (χ3v) is 15.9. The van der Waals surface area contributed by atoms with Gasteiger partial charge in [-0.2, -0.15) is 0 Å². The van der Waals surface area contributed by atoms with E-state index < -0.39 is 0 Å². The van der Waals surface area contributed by atoms with Gasteiger partial charge in [-0.05, 0) is 70.8 Å². The molecular weight excluding hydrogens is 1050 g/mol. The second-order valence-electron chi connectivity index (χ2n) is 21.1. The summed E-state index contributed by atoms with van der Waals surface area (Å²) in [6.07, 6.45) is 0. The van der Waals surface area contributed by atoms with E-state index in [1.165, 1.54) is 0 Å². The van der Waals surface area contributed by atoms with Gasteiger partial charge in [0, 0.05) is 54.9 Å². The monoisotopic (exact) mass is 1100 g/mol. The lowest BCUT2D eigenvalue weighted by Gasteiger charge is -2.14. The molecule has 0 radical (unpaired) electrons. The SMILES string of the molecule is c1ccc(-c2nc(-c3ccccc3)nc(-c3cccc(-n4c5ccccc5c5cccc(-c6cccc(-c7cccc(-c8cccc9c%10ccccc%10n(-c%10cccc(-c%11nc(-c%12ccccc%12)nc(-c%12ccccc%12)n%11)n%10)c89)c7)c6)c54)n3)n2)cc1. The fraction of sp³-hybridized carbons (Fsp3) is 0. The molecule has 0 saturated carbocycles. The smallest absolute Gasteiger partial charge is 0.182 e. The van der Waals surface area contributed by atoms with Crippen LogP contribution in [0.3, 0.4) is 0 Å². The highest BCUT2D eigenvalue weighted by atomic mass is 15.1. The van der Waals surface area contributed by atoms with Crippen molar-refractivity contribution in [2.24, 2.45) is 0 Å². The van der Waals surface area contributed by atoms with E-state index in [2.05, 4.69) is 155 Å². The molecule has 16 rings (SSSR count). The first-order valence-electron chi connectivity index (χ1n) is 28.6. The van der Waals surface area contributed by atoms with E-state index in [1.54, 1.807) is 0 Å². The molecule has 6 heterocycles. The van der Waals surface area contributed by atoms with Gasteiger partial charge in [0.1, 0.15) is 23.0 Å². The van der Waals surface area contributed by atoms with Gasteiger partial charge in [0.25, 0.3) is 0 Å². The molecule has 0 aliphatic rings. The van der Waals surface area contributed by atoms with Crippen molar-refractivity contribution < 1.29 is 0 Å². The maximum Gasteiger partial charge on any atom is 0.182 e. The predicted molar refractivity (Wildman–Crippen MR) is 346 cm³/mol. The lowest BCUT2D eigenvalue weighted by molar-refractivity contribution is 1.03. The Morgan fingerprint density at radius 1 is 0.198 bits per heavy atom. The van der Waals surface area contributed by atoms with Crippen LogP contribution in [0.15, 0.2) is 291 Å². The number of hydrogen-bond donors (Lipinski definition) is 0. The van der Waals surface area contributed by atoms with Crippen molar-refractivity contribution in [3.8, 4) is 114 Å². The molecular formula is C76H48N10. The Balaban J connectivity index is 0.800. The van der Waals surface area contributed by atoms with Crippen molar-refractivity contribution in [2.45, 2.75) is 0 Å². The molecule has 16 aromatic rings. The number of para-hydroxylation sites is 4. The van der Waals surface area contributed by atoms with E-state index in [0.717, 1.165) is 111 Å². The Kier molecular flexibility index (Phi) is 12.3. The first-order chi connectivity index (χ1) is 42.6. The first-order valence-corrected chi connectivity index (χ1v) is 28.6. The fourth-order valence-corrected chi connectivity index (χ4v) is 11.9. The van der Waals surface area contributed by atoms with Crippen molar-refractivity contribution in [3.63, 3.8) is 0 Å². The largest absolute Gasteiger partial charge is 0.293 e. The van der Waals surface area contributed by atoms with E-state index in [4.69, 9.17) is 39.9 Å². The molecule has 0 aliphatic heterocycles. The van der Waals surface area contributed by atoms with Gasteiger partial charge >= 0.3 is 0 Å². The highest BCUT2D eigenvalue weighted by molar-refractivity contribution is 6.15. The number of benzene rings is 10. The normalized spacial score (nSPS) is 11.5. The van der Waals surface area contributed by atoms with Crippen LogP contribution >= 0.6 is 0 Å². The van der Waals surface area contributed by atoms with E-state index in [1.807, 2.05) is 146 Å². The quantitative estimate of drug-likeness (QED) is 0.126. The van der Waals surface area contributed by atoms with Crippen LogP contribution < -0.4 is 0 Å². The standard InChI is InChI=1S/C76H48N10/c1-5-23-49(24-6-1)71-79-72(50-25-7-2-8-26-50)82-75(81-71)63-41-21-45-67(77-63)85-65-43-15-13-35-59(65)61-39-19-37-57(69(61)85)55-33-17-31-53(47-55)54-32-18-34-56(48-54)58-38-20-40-62-60-36-14-16-44-66(60)86(70(58)62)68-46-22-42-64(78-68)76-83-73(51-27-9-3-10-28-51)80-74(84-76)52-29-11-4-12-30-52/h1-48H. The number of rotatable bonds is 11. The van der Waals surface area contributed by atoms with Crippen molar-refractivity contribution in [1.29, 1.82) is 0 Å². The van der Waals surface area contributed by atoms with Crippen molar-refractivity contribution >= 4 is 43.6 Å².